The second kappa shape index (κ2) is 8.66. The highest BCUT2D eigenvalue weighted by atomic mass is 32.1. The fraction of sp³-hybridized carbons (Fsp3) is 0.632. The van der Waals surface area contributed by atoms with Gasteiger partial charge in [-0.2, -0.15) is 0 Å². The third kappa shape index (κ3) is 5.56. The van der Waals surface area contributed by atoms with E-state index in [0.717, 1.165) is 12.8 Å². The van der Waals surface area contributed by atoms with Gasteiger partial charge in [0.2, 0.25) is 11.8 Å². The number of thiophene rings is 1. The van der Waals surface area contributed by atoms with E-state index in [1.54, 1.807) is 9.80 Å². The lowest BCUT2D eigenvalue weighted by Gasteiger charge is -2.34. The Morgan fingerprint density at radius 2 is 2.08 bits per heavy atom. The monoisotopic (exact) mass is 379 g/mol. The summed E-state index contributed by atoms with van der Waals surface area (Å²) >= 11 is 1.42. The topological polar surface area (TPSA) is 69.7 Å². The van der Waals surface area contributed by atoms with Crippen molar-refractivity contribution in [3.8, 4) is 0 Å². The first-order chi connectivity index (χ1) is 12.2. The van der Waals surface area contributed by atoms with Crippen LogP contribution in [0.15, 0.2) is 17.5 Å². The Balaban J connectivity index is 1.98. The Labute approximate surface area is 159 Å². The molecule has 0 saturated carbocycles. The Kier molecular flexibility index (Phi) is 6.81. The fourth-order valence-corrected chi connectivity index (χ4v) is 3.84. The number of hydrogen-bond donors (Lipinski definition) is 1. The number of nitrogens with one attached hydrogen (secondary N) is 1. The van der Waals surface area contributed by atoms with Crippen LogP contribution < -0.4 is 5.32 Å². The Hall–Kier alpha value is -1.89. The summed E-state index contributed by atoms with van der Waals surface area (Å²) < 4.78 is 0. The van der Waals surface area contributed by atoms with Gasteiger partial charge in [-0.3, -0.25) is 14.4 Å². The van der Waals surface area contributed by atoms with Gasteiger partial charge in [0, 0.05) is 25.2 Å². The zero-order chi connectivity index (χ0) is 19.3. The van der Waals surface area contributed by atoms with Crippen molar-refractivity contribution in [3.05, 3.63) is 22.4 Å². The number of nitrogens with zero attached hydrogens (tertiary/aromatic N) is 2. The van der Waals surface area contributed by atoms with Crippen LogP contribution in [-0.2, 0) is 9.59 Å². The molecule has 1 aliphatic heterocycles. The van der Waals surface area contributed by atoms with Crippen LogP contribution >= 0.6 is 11.3 Å². The SMILES string of the molecule is CCN(CC(=O)NC(C)(C)C)C(=O)C1CCCN(C(=O)c2cccs2)C1. The lowest BCUT2D eigenvalue weighted by Crippen LogP contribution is -2.51. The molecule has 144 valence electrons. The first kappa shape index (κ1) is 20.4. The molecule has 6 nitrogen and oxygen atoms in total. The van der Waals surface area contributed by atoms with Crippen molar-refractivity contribution in [2.45, 2.75) is 46.1 Å². The van der Waals surface area contributed by atoms with Gasteiger partial charge in [0.1, 0.15) is 0 Å². The molecule has 1 aliphatic rings. The van der Waals surface area contributed by atoms with Gasteiger partial charge in [0.15, 0.2) is 0 Å². The molecule has 0 radical (unpaired) electrons. The molecule has 1 saturated heterocycles. The van der Waals surface area contributed by atoms with Crippen molar-refractivity contribution < 1.29 is 14.4 Å². The van der Waals surface area contributed by atoms with Crippen LogP contribution in [0, 0.1) is 5.92 Å². The number of likely N-dealkylation sites (tertiary alicyclic amines) is 1. The van der Waals surface area contributed by atoms with E-state index in [9.17, 15) is 14.4 Å². The zero-order valence-corrected chi connectivity index (χ0v) is 16.9. The summed E-state index contributed by atoms with van der Waals surface area (Å²) in [7, 11) is 0. The van der Waals surface area contributed by atoms with Crippen molar-refractivity contribution in [3.63, 3.8) is 0 Å². The summed E-state index contributed by atoms with van der Waals surface area (Å²) in [5.74, 6) is -0.448. The summed E-state index contributed by atoms with van der Waals surface area (Å²) in [6, 6.07) is 3.67. The zero-order valence-electron chi connectivity index (χ0n) is 16.1. The van der Waals surface area contributed by atoms with Crippen LogP contribution in [0.2, 0.25) is 0 Å². The first-order valence-electron chi connectivity index (χ1n) is 9.14. The largest absolute Gasteiger partial charge is 0.350 e. The average Bonchev–Trinajstić information content (AvgIpc) is 3.11. The number of carbonyl (C=O) groups is 3. The second-order valence-corrected chi connectivity index (χ2v) is 8.67. The van der Waals surface area contributed by atoms with Crippen LogP contribution in [0.1, 0.15) is 50.2 Å². The Morgan fingerprint density at radius 1 is 1.35 bits per heavy atom. The molecule has 2 rings (SSSR count). The molecule has 1 unspecified atom stereocenters. The number of rotatable bonds is 5. The molecular weight excluding hydrogens is 350 g/mol. The number of hydrogen-bond acceptors (Lipinski definition) is 4. The minimum absolute atomic E-state index is 0.00831. The van der Waals surface area contributed by atoms with Crippen LogP contribution in [0.3, 0.4) is 0 Å². The van der Waals surface area contributed by atoms with Crippen molar-refractivity contribution in [1.29, 1.82) is 0 Å². The standard InChI is InChI=1S/C19H29N3O3S/c1-5-21(13-16(23)20-19(2,3)4)17(24)14-8-6-10-22(12-14)18(25)15-9-7-11-26-15/h7,9,11,14H,5-6,8,10,12-13H2,1-4H3,(H,20,23). The summed E-state index contributed by atoms with van der Waals surface area (Å²) in [5, 5.41) is 4.77. The van der Waals surface area contributed by atoms with Gasteiger partial charge in [0.25, 0.3) is 5.91 Å². The fourth-order valence-electron chi connectivity index (χ4n) is 3.15. The highest BCUT2D eigenvalue weighted by Crippen LogP contribution is 2.22. The van der Waals surface area contributed by atoms with E-state index in [1.165, 1.54) is 11.3 Å². The van der Waals surface area contributed by atoms with Crippen molar-refractivity contribution in [2.75, 3.05) is 26.2 Å². The van der Waals surface area contributed by atoms with Crippen molar-refractivity contribution in [2.24, 2.45) is 5.92 Å². The van der Waals surface area contributed by atoms with Crippen molar-refractivity contribution in [1.82, 2.24) is 15.1 Å². The molecular formula is C19H29N3O3S. The minimum Gasteiger partial charge on any atom is -0.350 e. The molecule has 1 aromatic heterocycles. The van der Waals surface area contributed by atoms with Crippen LogP contribution in [-0.4, -0.2) is 59.2 Å². The summed E-state index contributed by atoms with van der Waals surface area (Å²) in [5.41, 5.74) is -0.325. The van der Waals surface area contributed by atoms with Gasteiger partial charge < -0.3 is 15.1 Å². The number of amides is 3. The number of carbonyl (C=O) groups excluding carboxylic acids is 3. The molecule has 2 heterocycles. The lowest BCUT2D eigenvalue weighted by molar-refractivity contribution is -0.140. The molecule has 1 N–H and O–H groups in total. The normalized spacial score (nSPS) is 17.7. The quantitative estimate of drug-likeness (QED) is 0.854. The predicted molar refractivity (Wildman–Crippen MR) is 103 cm³/mol. The third-order valence-electron chi connectivity index (χ3n) is 4.33. The van der Waals surface area contributed by atoms with Crippen LogP contribution in [0.5, 0.6) is 0 Å². The molecule has 1 aromatic rings. The van der Waals surface area contributed by atoms with Crippen LogP contribution in [0.4, 0.5) is 0 Å². The van der Waals surface area contributed by atoms with E-state index < -0.39 is 0 Å². The van der Waals surface area contributed by atoms with Gasteiger partial charge in [-0.05, 0) is 52.0 Å². The summed E-state index contributed by atoms with van der Waals surface area (Å²) in [4.78, 5) is 41.7. The smallest absolute Gasteiger partial charge is 0.263 e. The van der Waals surface area contributed by atoms with Gasteiger partial charge in [-0.25, -0.2) is 0 Å². The van der Waals surface area contributed by atoms with E-state index in [0.29, 0.717) is 24.5 Å². The number of likely N-dealkylation sites (N-methyl/N-ethyl adjacent to an activating group) is 1. The molecule has 3 amide bonds. The lowest BCUT2D eigenvalue weighted by atomic mass is 9.96. The van der Waals surface area contributed by atoms with E-state index in [1.807, 2.05) is 45.2 Å². The third-order valence-corrected chi connectivity index (χ3v) is 5.19. The highest BCUT2D eigenvalue weighted by Gasteiger charge is 2.32. The summed E-state index contributed by atoms with van der Waals surface area (Å²) in [6.45, 7) is 9.26. The van der Waals surface area contributed by atoms with Crippen LogP contribution in [0.25, 0.3) is 0 Å². The van der Waals surface area contributed by atoms with E-state index >= 15 is 0 Å². The Morgan fingerprint density at radius 3 is 2.65 bits per heavy atom. The van der Waals surface area contributed by atoms with E-state index in [2.05, 4.69) is 5.32 Å². The maximum absolute atomic E-state index is 12.9. The van der Waals surface area contributed by atoms with Gasteiger partial charge in [0.05, 0.1) is 17.3 Å². The molecule has 0 bridgehead atoms. The van der Waals surface area contributed by atoms with E-state index in [4.69, 9.17) is 0 Å². The molecule has 1 atom stereocenters. The molecule has 26 heavy (non-hydrogen) atoms. The molecule has 7 heteroatoms. The van der Waals surface area contributed by atoms with Gasteiger partial charge in [-0.15, -0.1) is 11.3 Å². The van der Waals surface area contributed by atoms with Gasteiger partial charge >= 0.3 is 0 Å². The van der Waals surface area contributed by atoms with Gasteiger partial charge in [-0.1, -0.05) is 6.07 Å². The minimum atomic E-state index is -0.325. The second-order valence-electron chi connectivity index (χ2n) is 7.72. The van der Waals surface area contributed by atoms with Crippen molar-refractivity contribution >= 4 is 29.1 Å². The summed E-state index contributed by atoms with van der Waals surface area (Å²) in [6.07, 6.45) is 1.56. The average molecular weight is 380 g/mol. The maximum atomic E-state index is 12.9. The molecule has 1 fully saturated rings. The molecule has 0 spiro atoms. The Bertz CT molecular complexity index is 637. The molecule has 0 aliphatic carbocycles. The first-order valence-corrected chi connectivity index (χ1v) is 10.0. The highest BCUT2D eigenvalue weighted by molar-refractivity contribution is 7.12. The maximum Gasteiger partial charge on any atom is 0.263 e. The predicted octanol–water partition coefficient (Wildman–Crippen LogP) is 2.36. The molecule has 0 aromatic carbocycles. The number of piperidine rings is 1. The van der Waals surface area contributed by atoms with E-state index in [-0.39, 0.29) is 35.7 Å².